The fourth-order valence-corrected chi connectivity index (χ4v) is 2.59. The van der Waals surface area contributed by atoms with Crippen LogP contribution in [-0.2, 0) is 0 Å². The van der Waals surface area contributed by atoms with Gasteiger partial charge >= 0.3 is 0 Å². The Balaban J connectivity index is 2.32. The van der Waals surface area contributed by atoms with Gasteiger partial charge in [0, 0.05) is 5.92 Å². The van der Waals surface area contributed by atoms with Crippen molar-refractivity contribution in [2.45, 2.75) is 33.1 Å². The molecule has 0 N–H and O–H groups in total. The first-order valence-electron chi connectivity index (χ1n) is 6.89. The standard InChI is InChI=1S/C19H22/c1-5-7-17-8-6-9-19(15(17)4)18-12-10-16(11-13-18)14(2)3/h5-8,10-13,19H,2,9H2,1,3-4H3/b7-5-. The Bertz CT molecular complexity index is 546. The highest BCUT2D eigenvalue weighted by molar-refractivity contribution is 5.61. The van der Waals surface area contributed by atoms with Crippen molar-refractivity contribution >= 4 is 5.57 Å². The van der Waals surface area contributed by atoms with E-state index in [2.05, 4.69) is 69.0 Å². The summed E-state index contributed by atoms with van der Waals surface area (Å²) in [5, 5.41) is 0. The van der Waals surface area contributed by atoms with E-state index in [1.54, 1.807) is 0 Å². The van der Waals surface area contributed by atoms with E-state index < -0.39 is 0 Å². The summed E-state index contributed by atoms with van der Waals surface area (Å²) in [7, 11) is 0. The molecule has 0 nitrogen and oxygen atoms in total. The second-order valence-corrected chi connectivity index (χ2v) is 5.23. The average molecular weight is 250 g/mol. The lowest BCUT2D eigenvalue weighted by Gasteiger charge is -2.22. The molecule has 0 saturated heterocycles. The highest BCUT2D eigenvalue weighted by Gasteiger charge is 2.17. The van der Waals surface area contributed by atoms with E-state index >= 15 is 0 Å². The van der Waals surface area contributed by atoms with Crippen molar-refractivity contribution in [2.24, 2.45) is 0 Å². The zero-order valence-corrected chi connectivity index (χ0v) is 12.1. The van der Waals surface area contributed by atoms with Crippen molar-refractivity contribution in [2.75, 3.05) is 0 Å². The van der Waals surface area contributed by atoms with Crippen LogP contribution in [0.25, 0.3) is 5.57 Å². The summed E-state index contributed by atoms with van der Waals surface area (Å²) in [4.78, 5) is 0. The molecule has 0 heteroatoms. The second-order valence-electron chi connectivity index (χ2n) is 5.23. The van der Waals surface area contributed by atoms with Gasteiger partial charge in [-0.25, -0.2) is 0 Å². The van der Waals surface area contributed by atoms with Crippen LogP contribution in [0.15, 0.2) is 66.3 Å². The molecule has 2 rings (SSSR count). The van der Waals surface area contributed by atoms with Crippen LogP contribution in [0.2, 0.25) is 0 Å². The molecule has 1 atom stereocenters. The summed E-state index contributed by atoms with van der Waals surface area (Å²) in [5.74, 6) is 0.510. The summed E-state index contributed by atoms with van der Waals surface area (Å²) in [5.41, 5.74) is 6.56. The number of hydrogen-bond donors (Lipinski definition) is 0. The Morgan fingerprint density at radius 1 is 1.26 bits per heavy atom. The van der Waals surface area contributed by atoms with Crippen LogP contribution < -0.4 is 0 Å². The second kappa shape index (κ2) is 5.88. The van der Waals surface area contributed by atoms with Gasteiger partial charge in [-0.1, -0.05) is 66.3 Å². The van der Waals surface area contributed by atoms with Gasteiger partial charge in [-0.15, -0.1) is 0 Å². The molecule has 1 aromatic rings. The van der Waals surface area contributed by atoms with Gasteiger partial charge < -0.3 is 0 Å². The van der Waals surface area contributed by atoms with Crippen LogP contribution in [0, 0.1) is 0 Å². The van der Waals surface area contributed by atoms with Gasteiger partial charge in [0.1, 0.15) is 0 Å². The summed E-state index contributed by atoms with van der Waals surface area (Å²) < 4.78 is 0. The smallest absolute Gasteiger partial charge is 0.00890 e. The first-order chi connectivity index (χ1) is 9.13. The quantitative estimate of drug-likeness (QED) is 0.649. The molecule has 0 aliphatic heterocycles. The van der Waals surface area contributed by atoms with Crippen molar-refractivity contribution < 1.29 is 0 Å². The van der Waals surface area contributed by atoms with Gasteiger partial charge in [0.05, 0.1) is 0 Å². The molecule has 0 spiro atoms. The molecule has 0 heterocycles. The molecule has 98 valence electrons. The highest BCUT2D eigenvalue weighted by Crippen LogP contribution is 2.34. The van der Waals surface area contributed by atoms with Crippen molar-refractivity contribution in [1.82, 2.24) is 0 Å². The van der Waals surface area contributed by atoms with Crippen LogP contribution in [0.3, 0.4) is 0 Å². The maximum absolute atomic E-state index is 3.99. The van der Waals surface area contributed by atoms with Gasteiger partial charge in [0.2, 0.25) is 0 Å². The van der Waals surface area contributed by atoms with Crippen LogP contribution in [0.4, 0.5) is 0 Å². The minimum atomic E-state index is 0.510. The topological polar surface area (TPSA) is 0 Å². The summed E-state index contributed by atoms with van der Waals surface area (Å²) >= 11 is 0. The molecule has 1 aliphatic carbocycles. The molecule has 0 radical (unpaired) electrons. The van der Waals surface area contributed by atoms with E-state index in [1.165, 1.54) is 22.3 Å². The molecule has 1 aliphatic rings. The molecule has 0 saturated carbocycles. The molecular weight excluding hydrogens is 228 g/mol. The van der Waals surface area contributed by atoms with E-state index in [0.29, 0.717) is 5.92 Å². The van der Waals surface area contributed by atoms with Crippen LogP contribution in [-0.4, -0.2) is 0 Å². The zero-order chi connectivity index (χ0) is 13.8. The van der Waals surface area contributed by atoms with Crippen molar-refractivity contribution in [3.63, 3.8) is 0 Å². The Morgan fingerprint density at radius 3 is 2.53 bits per heavy atom. The number of allylic oxidation sites excluding steroid dienone is 7. The fourth-order valence-electron chi connectivity index (χ4n) is 2.59. The molecule has 0 fully saturated rings. The van der Waals surface area contributed by atoms with Crippen molar-refractivity contribution in [3.05, 3.63) is 77.4 Å². The molecule has 1 aromatic carbocycles. The fraction of sp³-hybridized carbons (Fsp3) is 0.263. The lowest BCUT2D eigenvalue weighted by molar-refractivity contribution is 0.790. The molecule has 19 heavy (non-hydrogen) atoms. The normalized spacial score (nSPS) is 19.2. The monoisotopic (exact) mass is 250 g/mol. The van der Waals surface area contributed by atoms with Crippen molar-refractivity contribution in [3.8, 4) is 0 Å². The molecule has 0 bridgehead atoms. The Labute approximate surface area is 116 Å². The average Bonchev–Trinajstić information content (AvgIpc) is 2.41. The summed E-state index contributed by atoms with van der Waals surface area (Å²) in [6, 6.07) is 8.84. The third kappa shape index (κ3) is 2.96. The van der Waals surface area contributed by atoms with Gasteiger partial charge in [-0.2, -0.15) is 0 Å². The Hall–Kier alpha value is -1.82. The number of hydrogen-bond acceptors (Lipinski definition) is 0. The summed E-state index contributed by atoms with van der Waals surface area (Å²) in [6.07, 6.45) is 9.91. The predicted octanol–water partition coefficient (Wildman–Crippen LogP) is 5.66. The predicted molar refractivity (Wildman–Crippen MR) is 85.2 cm³/mol. The van der Waals surface area contributed by atoms with E-state index in [4.69, 9.17) is 0 Å². The first-order valence-corrected chi connectivity index (χ1v) is 6.89. The van der Waals surface area contributed by atoms with Gasteiger partial charge in [-0.05, 0) is 43.9 Å². The molecule has 0 amide bonds. The Morgan fingerprint density at radius 2 is 1.95 bits per heavy atom. The van der Waals surface area contributed by atoms with E-state index in [1.807, 2.05) is 6.92 Å². The lowest BCUT2D eigenvalue weighted by Crippen LogP contribution is -2.05. The van der Waals surface area contributed by atoms with E-state index in [9.17, 15) is 0 Å². The third-order valence-electron chi connectivity index (χ3n) is 3.80. The number of rotatable bonds is 3. The SMILES string of the molecule is C=C(C)c1ccc(C2CC=CC(/C=C\C)=C2C)cc1. The maximum atomic E-state index is 3.99. The van der Waals surface area contributed by atoms with E-state index in [0.717, 1.165) is 12.0 Å². The Kier molecular flexibility index (Phi) is 4.21. The minimum Gasteiger partial charge on any atom is -0.0955 e. The van der Waals surface area contributed by atoms with Gasteiger partial charge in [-0.3, -0.25) is 0 Å². The van der Waals surface area contributed by atoms with Crippen molar-refractivity contribution in [1.29, 1.82) is 0 Å². The van der Waals surface area contributed by atoms with Crippen LogP contribution in [0.1, 0.15) is 44.2 Å². The maximum Gasteiger partial charge on any atom is 0.00890 e. The molecule has 0 aromatic heterocycles. The highest BCUT2D eigenvalue weighted by atomic mass is 14.2. The van der Waals surface area contributed by atoms with Gasteiger partial charge in [0.25, 0.3) is 0 Å². The van der Waals surface area contributed by atoms with Crippen LogP contribution >= 0.6 is 0 Å². The molecule has 1 unspecified atom stereocenters. The third-order valence-corrected chi connectivity index (χ3v) is 3.80. The zero-order valence-electron chi connectivity index (χ0n) is 12.1. The number of benzene rings is 1. The summed E-state index contributed by atoms with van der Waals surface area (Å²) in [6.45, 7) is 10.4. The van der Waals surface area contributed by atoms with Crippen LogP contribution in [0.5, 0.6) is 0 Å². The largest absolute Gasteiger partial charge is 0.0955 e. The van der Waals surface area contributed by atoms with Gasteiger partial charge in [0.15, 0.2) is 0 Å². The first kappa shape index (κ1) is 13.6. The van der Waals surface area contributed by atoms with E-state index in [-0.39, 0.29) is 0 Å². The lowest BCUT2D eigenvalue weighted by atomic mass is 9.82. The minimum absolute atomic E-state index is 0.510. The molecular formula is C19H22.